The predicted molar refractivity (Wildman–Crippen MR) is 108 cm³/mol. The van der Waals surface area contributed by atoms with Crippen LogP contribution in [0, 0.1) is 0 Å². The topological polar surface area (TPSA) is 42.0 Å². The molecule has 0 aromatic heterocycles. The van der Waals surface area contributed by atoms with Crippen molar-refractivity contribution in [3.8, 4) is 5.75 Å². The summed E-state index contributed by atoms with van der Waals surface area (Å²) >= 11 is 5.85. The van der Waals surface area contributed by atoms with E-state index < -0.39 is 0 Å². The van der Waals surface area contributed by atoms with Gasteiger partial charge in [-0.25, -0.2) is 4.79 Å². The molecule has 7 heteroatoms. The third kappa shape index (κ3) is 8.47. The number of ether oxygens (including phenoxy) is 2. The minimum atomic E-state index is -0.178. The van der Waals surface area contributed by atoms with Gasteiger partial charge in [-0.3, -0.25) is 4.90 Å². The van der Waals surface area contributed by atoms with Crippen LogP contribution in [0.25, 0.3) is 0 Å². The van der Waals surface area contributed by atoms with Crippen molar-refractivity contribution < 1.29 is 14.3 Å². The molecule has 1 aliphatic heterocycles. The lowest BCUT2D eigenvalue weighted by atomic mass is 10.2. The second-order valence-electron chi connectivity index (χ2n) is 6.24. The molecule has 1 heterocycles. The van der Waals surface area contributed by atoms with Gasteiger partial charge in [0.1, 0.15) is 5.75 Å². The lowest BCUT2D eigenvalue weighted by Crippen LogP contribution is -2.49. The molecule has 1 aliphatic rings. The van der Waals surface area contributed by atoms with Crippen LogP contribution in [0.4, 0.5) is 4.79 Å². The minimum Gasteiger partial charge on any atom is -0.494 e. The first-order valence-electron chi connectivity index (χ1n) is 9.21. The van der Waals surface area contributed by atoms with Crippen molar-refractivity contribution in [2.45, 2.75) is 32.6 Å². The van der Waals surface area contributed by atoms with E-state index in [-0.39, 0.29) is 18.5 Å². The Morgan fingerprint density at radius 1 is 1.04 bits per heavy atom. The molecule has 0 unspecified atom stereocenters. The Labute approximate surface area is 168 Å². The standard InChI is InChI=1S/C19H29ClN2O3.ClH/c1-2-24-19(23)22-14-12-21(13-15-22)11-5-3-4-6-16-25-18-9-7-17(20)8-10-18;/h7-10H,2-6,11-16H2,1H3;1H. The van der Waals surface area contributed by atoms with Gasteiger partial charge in [-0.2, -0.15) is 0 Å². The molecule has 2 rings (SSSR count). The number of benzene rings is 1. The lowest BCUT2D eigenvalue weighted by molar-refractivity contribution is 0.0792. The van der Waals surface area contributed by atoms with E-state index in [1.54, 1.807) is 4.90 Å². The van der Waals surface area contributed by atoms with Crippen molar-refractivity contribution in [3.63, 3.8) is 0 Å². The van der Waals surface area contributed by atoms with Crippen LogP contribution >= 0.6 is 24.0 Å². The van der Waals surface area contributed by atoms with E-state index in [9.17, 15) is 4.79 Å². The Kier molecular flexibility index (Phi) is 11.5. The van der Waals surface area contributed by atoms with Crippen molar-refractivity contribution in [3.05, 3.63) is 29.3 Å². The SMILES string of the molecule is CCOC(=O)N1CCN(CCCCCCOc2ccc(Cl)cc2)CC1.Cl. The lowest BCUT2D eigenvalue weighted by Gasteiger charge is -2.34. The van der Waals surface area contributed by atoms with E-state index in [4.69, 9.17) is 21.1 Å². The van der Waals surface area contributed by atoms with Crippen LogP contribution in [-0.2, 0) is 4.74 Å². The second-order valence-corrected chi connectivity index (χ2v) is 6.68. The Morgan fingerprint density at radius 2 is 1.69 bits per heavy atom. The fourth-order valence-corrected chi connectivity index (χ4v) is 3.01. The molecule has 0 aliphatic carbocycles. The highest BCUT2D eigenvalue weighted by Crippen LogP contribution is 2.16. The van der Waals surface area contributed by atoms with Crippen LogP contribution in [0.15, 0.2) is 24.3 Å². The monoisotopic (exact) mass is 404 g/mol. The van der Waals surface area contributed by atoms with Crippen molar-refractivity contribution in [2.75, 3.05) is 45.9 Å². The predicted octanol–water partition coefficient (Wildman–Crippen LogP) is 4.48. The molecule has 0 radical (unpaired) electrons. The molecule has 5 nitrogen and oxygen atoms in total. The maximum atomic E-state index is 11.7. The summed E-state index contributed by atoms with van der Waals surface area (Å²) in [5, 5.41) is 0.732. The molecule has 0 saturated carbocycles. The first-order chi connectivity index (χ1) is 12.2. The van der Waals surface area contributed by atoms with Crippen LogP contribution in [-0.4, -0.2) is 61.8 Å². The molecule has 1 fully saturated rings. The van der Waals surface area contributed by atoms with Gasteiger partial charge in [0.05, 0.1) is 13.2 Å². The molecule has 26 heavy (non-hydrogen) atoms. The molecule has 0 N–H and O–H groups in total. The summed E-state index contributed by atoms with van der Waals surface area (Å²) in [6, 6.07) is 7.49. The highest BCUT2D eigenvalue weighted by molar-refractivity contribution is 6.30. The smallest absolute Gasteiger partial charge is 0.409 e. The van der Waals surface area contributed by atoms with Crippen LogP contribution in [0.2, 0.25) is 5.02 Å². The van der Waals surface area contributed by atoms with Crippen LogP contribution in [0.3, 0.4) is 0 Å². The zero-order valence-electron chi connectivity index (χ0n) is 15.5. The van der Waals surface area contributed by atoms with Crippen LogP contribution < -0.4 is 4.74 Å². The maximum absolute atomic E-state index is 11.7. The summed E-state index contributed by atoms with van der Waals surface area (Å²) in [6.45, 7) is 7.57. The van der Waals surface area contributed by atoms with Crippen molar-refractivity contribution in [2.24, 2.45) is 0 Å². The first-order valence-corrected chi connectivity index (χ1v) is 9.59. The summed E-state index contributed by atoms with van der Waals surface area (Å²) in [5.74, 6) is 0.879. The molecule has 1 saturated heterocycles. The highest BCUT2D eigenvalue weighted by Gasteiger charge is 2.21. The first kappa shape index (κ1) is 22.9. The summed E-state index contributed by atoms with van der Waals surface area (Å²) in [5.41, 5.74) is 0. The number of amides is 1. The van der Waals surface area contributed by atoms with Gasteiger partial charge in [0.2, 0.25) is 0 Å². The van der Waals surface area contributed by atoms with Crippen molar-refractivity contribution >= 4 is 30.1 Å². The van der Waals surface area contributed by atoms with Crippen molar-refractivity contribution in [1.82, 2.24) is 9.80 Å². The number of carbonyl (C=O) groups excluding carboxylic acids is 1. The molecular weight excluding hydrogens is 375 g/mol. The van der Waals surface area contributed by atoms with Crippen LogP contribution in [0.1, 0.15) is 32.6 Å². The zero-order valence-corrected chi connectivity index (χ0v) is 17.1. The fourth-order valence-electron chi connectivity index (χ4n) is 2.88. The fraction of sp³-hybridized carbons (Fsp3) is 0.632. The molecule has 0 bridgehead atoms. The Hall–Kier alpha value is -1.17. The summed E-state index contributed by atoms with van der Waals surface area (Å²) in [6.07, 6.45) is 4.47. The molecular formula is C19H30Cl2N2O3. The van der Waals surface area contributed by atoms with Gasteiger partial charge in [-0.05, 0) is 50.6 Å². The van der Waals surface area contributed by atoms with E-state index in [1.165, 1.54) is 19.3 Å². The van der Waals surface area contributed by atoms with E-state index >= 15 is 0 Å². The number of hydrogen-bond acceptors (Lipinski definition) is 4. The van der Waals surface area contributed by atoms with Crippen molar-refractivity contribution in [1.29, 1.82) is 0 Å². The number of unbranched alkanes of at least 4 members (excludes halogenated alkanes) is 3. The number of nitrogens with zero attached hydrogens (tertiary/aromatic N) is 2. The number of piperazine rings is 1. The number of carbonyl (C=O) groups is 1. The van der Waals surface area contributed by atoms with Gasteiger partial charge in [0.25, 0.3) is 0 Å². The third-order valence-corrected chi connectivity index (χ3v) is 4.60. The third-order valence-electron chi connectivity index (χ3n) is 4.35. The van der Waals surface area contributed by atoms with Gasteiger partial charge < -0.3 is 14.4 Å². The summed E-state index contributed by atoms with van der Waals surface area (Å²) < 4.78 is 10.7. The number of hydrogen-bond donors (Lipinski definition) is 0. The average Bonchev–Trinajstić information content (AvgIpc) is 2.63. The van der Waals surface area contributed by atoms with Gasteiger partial charge in [-0.15, -0.1) is 12.4 Å². The summed E-state index contributed by atoms with van der Waals surface area (Å²) in [7, 11) is 0. The second kappa shape index (κ2) is 13.1. The van der Waals surface area contributed by atoms with E-state index in [1.807, 2.05) is 31.2 Å². The minimum absolute atomic E-state index is 0. The van der Waals surface area contributed by atoms with Gasteiger partial charge in [0.15, 0.2) is 0 Å². The number of rotatable bonds is 9. The highest BCUT2D eigenvalue weighted by atomic mass is 35.5. The Balaban J connectivity index is 0.00000338. The quantitative estimate of drug-likeness (QED) is 0.569. The molecule has 1 amide bonds. The molecule has 1 aromatic carbocycles. The van der Waals surface area contributed by atoms with Gasteiger partial charge >= 0.3 is 6.09 Å². The normalized spacial score (nSPS) is 14.6. The zero-order chi connectivity index (χ0) is 17.9. The molecule has 1 aromatic rings. The summed E-state index contributed by atoms with van der Waals surface area (Å²) in [4.78, 5) is 15.9. The van der Waals surface area contributed by atoms with E-state index in [0.717, 1.165) is 56.5 Å². The maximum Gasteiger partial charge on any atom is 0.409 e. The van der Waals surface area contributed by atoms with E-state index in [2.05, 4.69) is 4.90 Å². The Morgan fingerprint density at radius 3 is 2.35 bits per heavy atom. The molecule has 0 atom stereocenters. The average molecular weight is 405 g/mol. The molecule has 148 valence electrons. The Bertz CT molecular complexity index is 506. The molecule has 0 spiro atoms. The largest absolute Gasteiger partial charge is 0.494 e. The van der Waals surface area contributed by atoms with Gasteiger partial charge in [0, 0.05) is 31.2 Å². The van der Waals surface area contributed by atoms with Gasteiger partial charge in [-0.1, -0.05) is 24.4 Å². The van der Waals surface area contributed by atoms with Crippen LogP contribution in [0.5, 0.6) is 5.75 Å². The number of halogens is 2. The van der Waals surface area contributed by atoms with E-state index in [0.29, 0.717) is 6.61 Å².